The van der Waals surface area contributed by atoms with Crippen molar-refractivity contribution in [2.75, 3.05) is 18.6 Å². The number of benzene rings is 1. The second kappa shape index (κ2) is 8.57. The fourth-order valence-corrected chi connectivity index (χ4v) is 2.61. The first kappa shape index (κ1) is 15.5. The van der Waals surface area contributed by atoms with Crippen molar-refractivity contribution in [2.45, 2.75) is 39.5 Å². The molecule has 0 saturated heterocycles. The van der Waals surface area contributed by atoms with Crippen molar-refractivity contribution in [3.63, 3.8) is 0 Å². The van der Waals surface area contributed by atoms with Gasteiger partial charge in [-0.2, -0.15) is 11.8 Å². The maximum absolute atomic E-state index is 9.01. The molecule has 0 saturated carbocycles. The van der Waals surface area contributed by atoms with Gasteiger partial charge in [0.1, 0.15) is 0 Å². The molecule has 1 atom stereocenters. The Morgan fingerprint density at radius 3 is 2.39 bits per heavy atom. The maximum Gasteiger partial charge on any atom is 0.0681 e. The van der Waals surface area contributed by atoms with Gasteiger partial charge in [0.15, 0.2) is 0 Å². The number of rotatable bonds is 8. The summed E-state index contributed by atoms with van der Waals surface area (Å²) < 4.78 is 0. The van der Waals surface area contributed by atoms with Crippen LogP contribution >= 0.6 is 11.8 Å². The van der Waals surface area contributed by atoms with E-state index < -0.39 is 0 Å². The van der Waals surface area contributed by atoms with E-state index in [0.29, 0.717) is 6.04 Å². The first-order valence-electron chi connectivity index (χ1n) is 6.64. The van der Waals surface area contributed by atoms with Crippen LogP contribution < -0.4 is 0 Å². The number of aliphatic hydroxyl groups excluding tert-OH is 1. The molecule has 1 rings (SSSR count). The molecule has 0 aliphatic carbocycles. The highest BCUT2D eigenvalue weighted by Crippen LogP contribution is 2.12. The van der Waals surface area contributed by atoms with Crippen LogP contribution in [0.5, 0.6) is 0 Å². The van der Waals surface area contributed by atoms with Gasteiger partial charge in [-0.1, -0.05) is 31.2 Å². The van der Waals surface area contributed by atoms with Gasteiger partial charge in [0.2, 0.25) is 0 Å². The smallest absolute Gasteiger partial charge is 0.0681 e. The van der Waals surface area contributed by atoms with E-state index in [1.54, 1.807) is 0 Å². The van der Waals surface area contributed by atoms with Crippen LogP contribution in [-0.4, -0.2) is 34.6 Å². The second-order valence-corrected chi connectivity index (χ2v) is 6.12. The third-order valence-electron chi connectivity index (χ3n) is 3.27. The molecule has 0 radical (unpaired) electrons. The molecule has 0 fully saturated rings. The lowest BCUT2D eigenvalue weighted by molar-refractivity contribution is 0.245. The fraction of sp³-hybridized carbons (Fsp3) is 0.600. The SMILES string of the molecule is CCSCCC(C)N(C)Cc1ccc(CO)cc1. The van der Waals surface area contributed by atoms with Gasteiger partial charge in [-0.05, 0) is 43.0 Å². The molecule has 0 aliphatic rings. The van der Waals surface area contributed by atoms with Gasteiger partial charge in [-0.3, -0.25) is 4.90 Å². The summed E-state index contributed by atoms with van der Waals surface area (Å²) in [6.07, 6.45) is 1.24. The summed E-state index contributed by atoms with van der Waals surface area (Å²) in [7, 11) is 2.18. The lowest BCUT2D eigenvalue weighted by Crippen LogP contribution is -2.29. The molecule has 102 valence electrons. The molecule has 0 heterocycles. The summed E-state index contributed by atoms with van der Waals surface area (Å²) in [6, 6.07) is 8.83. The summed E-state index contributed by atoms with van der Waals surface area (Å²) in [5.74, 6) is 2.45. The average Bonchev–Trinajstić information content (AvgIpc) is 2.39. The van der Waals surface area contributed by atoms with E-state index in [9.17, 15) is 0 Å². The van der Waals surface area contributed by atoms with E-state index in [-0.39, 0.29) is 6.61 Å². The van der Waals surface area contributed by atoms with E-state index in [1.165, 1.54) is 23.5 Å². The Bertz CT molecular complexity index is 326. The molecule has 1 aromatic rings. The van der Waals surface area contributed by atoms with E-state index >= 15 is 0 Å². The first-order chi connectivity index (χ1) is 8.67. The van der Waals surface area contributed by atoms with Crippen molar-refractivity contribution in [3.05, 3.63) is 35.4 Å². The normalized spacial score (nSPS) is 12.9. The highest BCUT2D eigenvalue weighted by atomic mass is 32.2. The van der Waals surface area contributed by atoms with Crippen LogP contribution in [0.25, 0.3) is 0 Å². The topological polar surface area (TPSA) is 23.5 Å². The molecular weight excluding hydrogens is 242 g/mol. The molecule has 0 amide bonds. The Morgan fingerprint density at radius 1 is 1.22 bits per heavy atom. The van der Waals surface area contributed by atoms with E-state index in [2.05, 4.69) is 37.9 Å². The van der Waals surface area contributed by atoms with E-state index in [1.807, 2.05) is 23.9 Å². The summed E-state index contributed by atoms with van der Waals surface area (Å²) in [5.41, 5.74) is 2.29. The Labute approximate surface area is 115 Å². The highest BCUT2D eigenvalue weighted by molar-refractivity contribution is 7.99. The molecule has 0 aliphatic heterocycles. The Balaban J connectivity index is 2.39. The van der Waals surface area contributed by atoms with Crippen molar-refractivity contribution >= 4 is 11.8 Å². The summed E-state index contributed by atoms with van der Waals surface area (Å²) >= 11 is 2.01. The van der Waals surface area contributed by atoms with Crippen LogP contribution in [0.15, 0.2) is 24.3 Å². The van der Waals surface area contributed by atoms with Gasteiger partial charge >= 0.3 is 0 Å². The summed E-state index contributed by atoms with van der Waals surface area (Å²) in [4.78, 5) is 2.39. The van der Waals surface area contributed by atoms with Gasteiger partial charge < -0.3 is 5.11 Å². The van der Waals surface area contributed by atoms with Crippen molar-refractivity contribution in [1.29, 1.82) is 0 Å². The highest BCUT2D eigenvalue weighted by Gasteiger charge is 2.09. The Hall–Kier alpha value is -0.510. The standard InChI is InChI=1S/C15H25NOS/c1-4-18-10-9-13(2)16(3)11-14-5-7-15(12-17)8-6-14/h5-8,13,17H,4,9-12H2,1-3H3. The molecule has 0 spiro atoms. The van der Waals surface area contributed by atoms with Gasteiger partial charge in [-0.25, -0.2) is 0 Å². The molecule has 1 aromatic carbocycles. The van der Waals surface area contributed by atoms with Crippen LogP contribution in [0.3, 0.4) is 0 Å². The lowest BCUT2D eigenvalue weighted by atomic mass is 10.1. The molecular formula is C15H25NOS. The second-order valence-electron chi connectivity index (χ2n) is 4.72. The average molecular weight is 267 g/mol. The minimum atomic E-state index is 0.126. The van der Waals surface area contributed by atoms with E-state index in [0.717, 1.165) is 12.1 Å². The summed E-state index contributed by atoms with van der Waals surface area (Å²) in [5, 5.41) is 9.01. The van der Waals surface area contributed by atoms with Crippen LogP contribution in [-0.2, 0) is 13.2 Å². The third-order valence-corrected chi connectivity index (χ3v) is 4.21. The zero-order chi connectivity index (χ0) is 13.4. The Morgan fingerprint density at radius 2 is 1.83 bits per heavy atom. The molecule has 18 heavy (non-hydrogen) atoms. The summed E-state index contributed by atoms with van der Waals surface area (Å²) in [6.45, 7) is 5.60. The largest absolute Gasteiger partial charge is 0.392 e. The number of thioether (sulfide) groups is 1. The van der Waals surface area contributed by atoms with Crippen molar-refractivity contribution in [2.24, 2.45) is 0 Å². The monoisotopic (exact) mass is 267 g/mol. The predicted octanol–water partition coefficient (Wildman–Crippen LogP) is 3.14. The molecule has 1 unspecified atom stereocenters. The molecule has 0 bridgehead atoms. The molecule has 2 nitrogen and oxygen atoms in total. The van der Waals surface area contributed by atoms with Crippen molar-refractivity contribution in [3.8, 4) is 0 Å². The lowest BCUT2D eigenvalue weighted by Gasteiger charge is -2.24. The molecule has 3 heteroatoms. The maximum atomic E-state index is 9.01. The Kier molecular flexibility index (Phi) is 7.40. The number of hydrogen-bond donors (Lipinski definition) is 1. The van der Waals surface area contributed by atoms with Gasteiger partial charge in [0.05, 0.1) is 6.61 Å². The van der Waals surface area contributed by atoms with Crippen LogP contribution in [0.2, 0.25) is 0 Å². The van der Waals surface area contributed by atoms with Crippen LogP contribution in [0, 0.1) is 0 Å². The van der Waals surface area contributed by atoms with Crippen molar-refractivity contribution < 1.29 is 5.11 Å². The van der Waals surface area contributed by atoms with Crippen LogP contribution in [0.4, 0.5) is 0 Å². The number of aliphatic hydroxyl groups is 1. The minimum absolute atomic E-state index is 0.126. The van der Waals surface area contributed by atoms with Gasteiger partial charge in [-0.15, -0.1) is 0 Å². The molecule has 0 aromatic heterocycles. The predicted molar refractivity (Wildman–Crippen MR) is 80.9 cm³/mol. The van der Waals surface area contributed by atoms with Gasteiger partial charge in [0.25, 0.3) is 0 Å². The zero-order valence-corrected chi connectivity index (χ0v) is 12.5. The van der Waals surface area contributed by atoms with E-state index in [4.69, 9.17) is 5.11 Å². The quantitative estimate of drug-likeness (QED) is 0.732. The zero-order valence-electron chi connectivity index (χ0n) is 11.7. The third kappa shape index (κ3) is 5.42. The molecule has 1 N–H and O–H groups in total. The fourth-order valence-electron chi connectivity index (χ4n) is 1.81. The number of hydrogen-bond acceptors (Lipinski definition) is 3. The minimum Gasteiger partial charge on any atom is -0.392 e. The van der Waals surface area contributed by atoms with Crippen molar-refractivity contribution in [1.82, 2.24) is 4.90 Å². The van der Waals surface area contributed by atoms with Crippen LogP contribution in [0.1, 0.15) is 31.4 Å². The van der Waals surface area contributed by atoms with Gasteiger partial charge in [0, 0.05) is 12.6 Å². The first-order valence-corrected chi connectivity index (χ1v) is 7.79. The number of nitrogens with zero attached hydrogens (tertiary/aromatic N) is 1.